The molecule has 136 valence electrons. The molecular weight excluding hydrogens is 348 g/mol. The number of fused-ring (bicyclic) bond motifs is 1. The molecule has 4 rings (SSSR count). The molecule has 0 saturated carbocycles. The molecule has 0 atom stereocenters. The minimum absolute atomic E-state index is 0.0153. The van der Waals surface area contributed by atoms with Gasteiger partial charge in [0.1, 0.15) is 5.82 Å². The summed E-state index contributed by atoms with van der Waals surface area (Å²) in [6, 6.07) is 5.79. The van der Waals surface area contributed by atoms with Crippen LogP contribution in [-0.4, -0.2) is 43.4 Å². The van der Waals surface area contributed by atoms with Crippen LogP contribution in [0.4, 0.5) is 5.82 Å². The average Bonchev–Trinajstić information content (AvgIpc) is 2.94. The van der Waals surface area contributed by atoms with Crippen LogP contribution >= 0.6 is 11.8 Å². The minimum Gasteiger partial charge on any atom is -0.356 e. The van der Waals surface area contributed by atoms with Gasteiger partial charge in [0.15, 0.2) is 10.8 Å². The Morgan fingerprint density at radius 1 is 1.19 bits per heavy atom. The van der Waals surface area contributed by atoms with Crippen LogP contribution in [0.2, 0.25) is 0 Å². The molecule has 0 aliphatic carbocycles. The van der Waals surface area contributed by atoms with E-state index in [9.17, 15) is 4.79 Å². The molecule has 1 fully saturated rings. The summed E-state index contributed by atoms with van der Waals surface area (Å²) in [7, 11) is 1.81. The van der Waals surface area contributed by atoms with Gasteiger partial charge in [-0.05, 0) is 43.2 Å². The highest BCUT2D eigenvalue weighted by Crippen LogP contribution is 2.24. The van der Waals surface area contributed by atoms with E-state index in [2.05, 4.69) is 19.9 Å². The Hall–Kier alpha value is -2.35. The third-order valence-electron chi connectivity index (χ3n) is 5.08. The zero-order chi connectivity index (χ0) is 18.1. The number of nitrogens with zero attached hydrogens (tertiary/aromatic N) is 6. The average molecular weight is 370 g/mol. The Morgan fingerprint density at radius 3 is 2.77 bits per heavy atom. The van der Waals surface area contributed by atoms with Gasteiger partial charge in [-0.15, -0.1) is 0 Å². The van der Waals surface area contributed by atoms with Gasteiger partial charge in [-0.1, -0.05) is 11.8 Å². The number of anilines is 1. The zero-order valence-corrected chi connectivity index (χ0v) is 15.8. The number of aromatic nitrogens is 5. The van der Waals surface area contributed by atoms with Crippen molar-refractivity contribution in [3.8, 4) is 0 Å². The van der Waals surface area contributed by atoms with E-state index in [1.165, 1.54) is 0 Å². The normalized spacial score (nSPS) is 15.7. The summed E-state index contributed by atoms with van der Waals surface area (Å²) in [6.45, 7) is 2.62. The number of aryl methyl sites for hydroxylation is 1. The lowest BCUT2D eigenvalue weighted by molar-refractivity contribution is 0.354. The molecule has 3 aromatic rings. The fourth-order valence-electron chi connectivity index (χ4n) is 3.61. The van der Waals surface area contributed by atoms with Crippen molar-refractivity contribution >= 4 is 28.7 Å². The van der Waals surface area contributed by atoms with Crippen molar-refractivity contribution in [1.29, 1.82) is 0 Å². The van der Waals surface area contributed by atoms with Gasteiger partial charge in [-0.2, -0.15) is 0 Å². The first-order valence-electron chi connectivity index (χ1n) is 8.79. The van der Waals surface area contributed by atoms with E-state index in [1.807, 2.05) is 42.3 Å². The van der Waals surface area contributed by atoms with Crippen molar-refractivity contribution < 1.29 is 0 Å². The van der Waals surface area contributed by atoms with E-state index in [-0.39, 0.29) is 5.69 Å². The highest BCUT2D eigenvalue weighted by atomic mass is 32.2. The predicted octanol–water partition coefficient (Wildman–Crippen LogP) is 2.16. The summed E-state index contributed by atoms with van der Waals surface area (Å²) in [6.07, 6.45) is 7.63. The first kappa shape index (κ1) is 17.1. The molecule has 0 unspecified atom stereocenters. The van der Waals surface area contributed by atoms with E-state index in [1.54, 1.807) is 22.5 Å². The van der Waals surface area contributed by atoms with Crippen LogP contribution in [0.3, 0.4) is 0 Å². The molecule has 3 aromatic heterocycles. The van der Waals surface area contributed by atoms with Crippen molar-refractivity contribution in [1.82, 2.24) is 24.1 Å². The molecule has 0 N–H and O–H groups in total. The van der Waals surface area contributed by atoms with Crippen molar-refractivity contribution in [3.05, 3.63) is 41.1 Å². The van der Waals surface area contributed by atoms with Gasteiger partial charge in [-0.25, -0.2) is 19.7 Å². The number of hydrogen-bond donors (Lipinski definition) is 0. The predicted molar refractivity (Wildman–Crippen MR) is 104 cm³/mol. The first-order chi connectivity index (χ1) is 12.7. The van der Waals surface area contributed by atoms with Crippen LogP contribution in [0, 0.1) is 5.92 Å². The van der Waals surface area contributed by atoms with Crippen LogP contribution in [0.1, 0.15) is 12.8 Å². The quantitative estimate of drug-likeness (QED) is 0.518. The number of rotatable bonds is 4. The number of hydrogen-bond acceptors (Lipinski definition) is 6. The number of imidazole rings is 1. The second-order valence-corrected chi connectivity index (χ2v) is 7.40. The van der Waals surface area contributed by atoms with Gasteiger partial charge in [-0.3, -0.25) is 9.13 Å². The van der Waals surface area contributed by atoms with E-state index in [4.69, 9.17) is 0 Å². The zero-order valence-electron chi connectivity index (χ0n) is 15.0. The number of pyridine rings is 1. The maximum absolute atomic E-state index is 12.6. The molecule has 26 heavy (non-hydrogen) atoms. The molecule has 8 heteroatoms. The summed E-state index contributed by atoms with van der Waals surface area (Å²) in [4.78, 5) is 28.1. The topological polar surface area (TPSA) is 68.8 Å². The van der Waals surface area contributed by atoms with Crippen LogP contribution in [-0.2, 0) is 13.6 Å². The lowest BCUT2D eigenvalue weighted by Crippen LogP contribution is -2.37. The van der Waals surface area contributed by atoms with Crippen LogP contribution in [0.5, 0.6) is 0 Å². The van der Waals surface area contributed by atoms with Crippen molar-refractivity contribution in [2.45, 2.75) is 24.5 Å². The summed E-state index contributed by atoms with van der Waals surface area (Å²) in [5, 5.41) is 0.804. The van der Waals surface area contributed by atoms with Gasteiger partial charge in [0.25, 0.3) is 0 Å². The Bertz CT molecular complexity index is 973. The Morgan fingerprint density at radius 2 is 2.00 bits per heavy atom. The van der Waals surface area contributed by atoms with E-state index in [0.29, 0.717) is 5.92 Å². The molecule has 0 radical (unpaired) electrons. The molecular formula is C18H22N6OS. The van der Waals surface area contributed by atoms with Crippen molar-refractivity contribution in [2.24, 2.45) is 13.0 Å². The largest absolute Gasteiger partial charge is 0.356 e. The smallest absolute Gasteiger partial charge is 0.330 e. The van der Waals surface area contributed by atoms with E-state index in [0.717, 1.165) is 54.6 Å². The maximum atomic E-state index is 12.6. The molecule has 4 heterocycles. The van der Waals surface area contributed by atoms with Gasteiger partial charge in [0.05, 0.1) is 5.52 Å². The summed E-state index contributed by atoms with van der Waals surface area (Å²) in [5.74, 6) is 1.46. The van der Waals surface area contributed by atoms with Gasteiger partial charge in [0, 0.05) is 39.1 Å². The lowest BCUT2D eigenvalue weighted by Gasteiger charge is -2.32. The molecule has 1 saturated heterocycles. The molecule has 0 bridgehead atoms. The summed E-state index contributed by atoms with van der Waals surface area (Å²) >= 11 is 1.56. The minimum atomic E-state index is 0.0153. The third-order valence-corrected chi connectivity index (χ3v) is 5.64. The summed E-state index contributed by atoms with van der Waals surface area (Å²) < 4.78 is 3.51. The number of thioether (sulfide) groups is 1. The Kier molecular flexibility index (Phi) is 4.67. The van der Waals surface area contributed by atoms with Crippen molar-refractivity contribution in [3.63, 3.8) is 0 Å². The van der Waals surface area contributed by atoms with E-state index < -0.39 is 0 Å². The second-order valence-electron chi connectivity index (χ2n) is 6.63. The third kappa shape index (κ3) is 3.09. The molecule has 0 spiro atoms. The van der Waals surface area contributed by atoms with E-state index >= 15 is 0 Å². The maximum Gasteiger partial charge on any atom is 0.330 e. The Labute approximate surface area is 156 Å². The molecule has 1 aliphatic heterocycles. The van der Waals surface area contributed by atoms with Crippen LogP contribution < -0.4 is 10.6 Å². The summed E-state index contributed by atoms with van der Waals surface area (Å²) in [5.41, 5.74) is 1.69. The molecule has 7 nitrogen and oxygen atoms in total. The van der Waals surface area contributed by atoms with Crippen LogP contribution in [0.25, 0.3) is 11.2 Å². The SMILES string of the molecule is CSc1nccc(N2CCC(Cn3c(=O)n(C)c4cccnc43)CC2)n1. The van der Waals surface area contributed by atoms with Crippen molar-refractivity contribution in [2.75, 3.05) is 24.2 Å². The molecule has 0 amide bonds. The highest BCUT2D eigenvalue weighted by molar-refractivity contribution is 7.98. The van der Waals surface area contributed by atoms with Gasteiger partial charge in [0.2, 0.25) is 0 Å². The first-order valence-corrected chi connectivity index (χ1v) is 10.0. The Balaban J connectivity index is 1.48. The fourth-order valence-corrected chi connectivity index (χ4v) is 3.96. The number of piperidine rings is 1. The van der Waals surface area contributed by atoms with Crippen LogP contribution in [0.15, 0.2) is 40.5 Å². The second kappa shape index (κ2) is 7.11. The standard InChI is InChI=1S/C18H22N6OS/c1-22-14-4-3-8-19-16(14)24(18(22)25)12-13-6-10-23(11-7-13)15-5-9-20-17(21-15)26-2/h3-5,8-9,13H,6-7,10-12H2,1-2H3. The highest BCUT2D eigenvalue weighted by Gasteiger charge is 2.23. The lowest BCUT2D eigenvalue weighted by atomic mass is 9.96. The van der Waals surface area contributed by atoms with Gasteiger partial charge >= 0.3 is 5.69 Å². The fraction of sp³-hybridized carbons (Fsp3) is 0.444. The monoisotopic (exact) mass is 370 g/mol. The molecule has 0 aromatic carbocycles. The van der Waals surface area contributed by atoms with Gasteiger partial charge < -0.3 is 4.90 Å². The molecule has 1 aliphatic rings.